The number of methoxy groups -OCH3 is 4. The molecule has 0 radical (unpaired) electrons. The number of hydrogen-bond donors (Lipinski definition) is 8. The Bertz CT molecular complexity index is 2570. The van der Waals surface area contributed by atoms with Gasteiger partial charge in [-0.15, -0.1) is 0 Å². The van der Waals surface area contributed by atoms with Crippen LogP contribution in [0.15, 0.2) is 46.6 Å². The Hall–Kier alpha value is -3.19. The first-order chi connectivity index (χ1) is 42.0. The number of aliphatic hydroxyl groups is 8. The van der Waals surface area contributed by atoms with Gasteiger partial charge >= 0.3 is 5.97 Å². The molecule has 2 bridgehead atoms. The largest absolute Gasteiger partial charge is 0.456 e. The highest BCUT2D eigenvalue weighted by molar-refractivity contribution is 6.06. The molecule has 0 aromatic heterocycles. The van der Waals surface area contributed by atoms with Gasteiger partial charge < -0.3 is 97.7 Å². The van der Waals surface area contributed by atoms with E-state index >= 15 is 9.59 Å². The van der Waals surface area contributed by atoms with Gasteiger partial charge in [0.25, 0.3) is 0 Å². The fourth-order valence-electron chi connectivity index (χ4n) is 15.1. The number of aliphatic hydroxyl groups excluding tert-OH is 6. The molecule has 24 nitrogen and oxygen atoms in total. The van der Waals surface area contributed by atoms with Crippen LogP contribution in [0.3, 0.4) is 0 Å². The first kappa shape index (κ1) is 74.2. The summed E-state index contributed by atoms with van der Waals surface area (Å²) in [6.07, 6.45) is -14.6. The predicted octanol–water partition coefficient (Wildman–Crippen LogP) is 3.68. The highest BCUT2D eigenvalue weighted by Gasteiger charge is 2.61. The average molecular weight is 1280 g/mol. The molecule has 90 heavy (non-hydrogen) atoms. The van der Waals surface area contributed by atoms with Crippen LogP contribution < -0.4 is 0 Å². The van der Waals surface area contributed by atoms with Gasteiger partial charge in [0.15, 0.2) is 18.9 Å². The Morgan fingerprint density at radius 3 is 1.97 bits per heavy atom. The Labute approximate surface area is 531 Å². The second-order valence-corrected chi connectivity index (χ2v) is 28.0. The molecule has 24 heteroatoms. The van der Waals surface area contributed by atoms with E-state index in [1.165, 1.54) is 47.2 Å². The summed E-state index contributed by atoms with van der Waals surface area (Å²) in [6, 6.07) is 0. The van der Waals surface area contributed by atoms with Crippen molar-refractivity contribution in [2.75, 3.05) is 35.0 Å². The Kier molecular flexibility index (Phi) is 25.0. The number of likely N-dealkylation sites (tertiary alicyclic amines) is 1. The SMILES string of the molecule is COC[C@@H](C[C@H]1O[C@@](O)([C@H](O)[C@@H]2C[C@H](OC)[C@@H](O)CC[C@H]3C(C)=C[C@@H]([C@@H](O[C@@H]4O[C@@H](C)[C@H](OC)[C@@H](O)[C@@H]4O)[C@H](C)\C=C(C)/C=C(C)\C=C(\C)C(=O)O2)[C@H]2C(=O)N(C(C)(C)C)C(=O)[C@H]23)[C@H](C)[C@@H](O)[C@H]1C)O[C@H]1C[C@](C)(O)[C@@H](O[C@H]2C[C@@H](OC)[C@H](O)[C@@H](C)O2)[C@H](C)O1. The lowest BCUT2D eigenvalue weighted by molar-refractivity contribution is -0.366. The molecule has 6 aliphatic heterocycles. The summed E-state index contributed by atoms with van der Waals surface area (Å²) in [7, 11) is 5.71. The van der Waals surface area contributed by atoms with Crippen molar-refractivity contribution in [3.8, 4) is 0 Å². The van der Waals surface area contributed by atoms with Gasteiger partial charge in [-0.1, -0.05) is 55.7 Å². The van der Waals surface area contributed by atoms with Crippen molar-refractivity contribution in [2.45, 2.75) is 275 Å². The van der Waals surface area contributed by atoms with Crippen LogP contribution in [0.25, 0.3) is 0 Å². The molecule has 0 spiro atoms. The third-order valence-electron chi connectivity index (χ3n) is 20.0. The maximum atomic E-state index is 15.1. The van der Waals surface area contributed by atoms with Crippen molar-refractivity contribution in [1.29, 1.82) is 0 Å². The molecule has 8 N–H and O–H groups in total. The number of fused-ring (bicyclic) bond motifs is 5. The summed E-state index contributed by atoms with van der Waals surface area (Å²) < 4.78 is 73.2. The molecule has 7 rings (SSSR count). The molecule has 0 saturated carbocycles. The Morgan fingerprint density at radius 1 is 0.711 bits per heavy atom. The summed E-state index contributed by atoms with van der Waals surface area (Å²) >= 11 is 0. The van der Waals surface area contributed by atoms with Crippen molar-refractivity contribution < 1.29 is 112 Å². The number of amides is 2. The quantitative estimate of drug-likeness (QED) is 0.0659. The molecule has 514 valence electrons. The van der Waals surface area contributed by atoms with Crippen LogP contribution in [0.1, 0.15) is 135 Å². The molecule has 0 aromatic carbocycles. The van der Waals surface area contributed by atoms with Crippen molar-refractivity contribution in [1.82, 2.24) is 4.90 Å². The van der Waals surface area contributed by atoms with Crippen LogP contribution in [0, 0.1) is 41.4 Å². The van der Waals surface area contributed by atoms with Crippen molar-refractivity contribution in [3.63, 3.8) is 0 Å². The third kappa shape index (κ3) is 16.0. The molecule has 2 amide bonds. The van der Waals surface area contributed by atoms with Crippen molar-refractivity contribution in [3.05, 3.63) is 46.6 Å². The van der Waals surface area contributed by atoms with Crippen LogP contribution in [0.2, 0.25) is 0 Å². The highest BCUT2D eigenvalue weighted by Crippen LogP contribution is 2.51. The number of carbonyl (C=O) groups excluding carboxylic acids is 3. The van der Waals surface area contributed by atoms with E-state index < -0.39 is 205 Å². The minimum absolute atomic E-state index is 0.0211. The molecule has 7 aliphatic rings. The number of cyclic esters (lactones) is 1. The number of ether oxygens (including phenoxy) is 12. The van der Waals surface area contributed by atoms with E-state index in [0.29, 0.717) is 11.1 Å². The highest BCUT2D eigenvalue weighted by atomic mass is 16.7. The zero-order chi connectivity index (χ0) is 67.0. The van der Waals surface area contributed by atoms with Gasteiger partial charge in [0.1, 0.15) is 42.7 Å². The van der Waals surface area contributed by atoms with E-state index in [4.69, 9.17) is 56.8 Å². The molecule has 5 fully saturated rings. The topological polar surface area (TPSA) is 327 Å². The van der Waals surface area contributed by atoms with Crippen molar-refractivity contribution in [2.24, 2.45) is 41.4 Å². The zero-order valence-corrected chi connectivity index (χ0v) is 56.0. The summed E-state index contributed by atoms with van der Waals surface area (Å²) in [6.45, 7) is 24.2. The fourth-order valence-corrected chi connectivity index (χ4v) is 15.1. The molecular weight excluding hydrogens is 1170 g/mol. The molecule has 5 saturated heterocycles. The number of esters is 1. The molecule has 1 aliphatic carbocycles. The zero-order valence-electron chi connectivity index (χ0n) is 56.0. The minimum Gasteiger partial charge on any atom is -0.456 e. The van der Waals surface area contributed by atoms with Crippen LogP contribution in [-0.4, -0.2) is 238 Å². The van der Waals surface area contributed by atoms with Gasteiger partial charge in [-0.3, -0.25) is 14.5 Å². The Morgan fingerprint density at radius 2 is 1.36 bits per heavy atom. The lowest BCUT2D eigenvalue weighted by Gasteiger charge is -2.51. The Balaban J connectivity index is 1.19. The predicted molar refractivity (Wildman–Crippen MR) is 324 cm³/mol. The van der Waals surface area contributed by atoms with E-state index in [1.807, 2.05) is 39.0 Å². The minimum atomic E-state index is -2.63. The van der Waals surface area contributed by atoms with E-state index in [9.17, 15) is 45.6 Å². The van der Waals surface area contributed by atoms with Gasteiger partial charge in [-0.25, -0.2) is 4.79 Å². The van der Waals surface area contributed by atoms with E-state index in [2.05, 4.69) is 0 Å². The average Bonchev–Trinajstić information content (AvgIpc) is 1.58. The normalized spacial score (nSPS) is 46.4. The smallest absolute Gasteiger partial charge is 0.334 e. The fraction of sp³-hybridized carbons (Fsp3) is 0.833. The number of rotatable bonds is 15. The summed E-state index contributed by atoms with van der Waals surface area (Å²) in [4.78, 5) is 45.8. The summed E-state index contributed by atoms with van der Waals surface area (Å²) in [5.74, 6) is -10.0. The van der Waals surface area contributed by atoms with Crippen LogP contribution in [0.5, 0.6) is 0 Å². The van der Waals surface area contributed by atoms with E-state index in [-0.39, 0.29) is 44.3 Å². The van der Waals surface area contributed by atoms with Gasteiger partial charge in [-0.2, -0.15) is 0 Å². The number of allylic oxidation sites excluding steroid dienone is 5. The second kappa shape index (κ2) is 30.3. The number of carbonyl (C=O) groups is 3. The van der Waals surface area contributed by atoms with Gasteiger partial charge in [-0.05, 0) is 101 Å². The number of imide groups is 1. The molecule has 0 aromatic rings. The first-order valence-electron chi connectivity index (χ1n) is 32.1. The number of nitrogens with zero attached hydrogens (tertiary/aromatic N) is 1. The van der Waals surface area contributed by atoms with Crippen LogP contribution >= 0.6 is 0 Å². The molecular formula is C66H107NO23. The second-order valence-electron chi connectivity index (χ2n) is 28.0. The standard InChI is InChI=1S/C66H107NO23/c1-30-21-31(2)23-34(5)62(76)87-47(58(73)66(78)36(7)52(69)35(6)44(90-66)25-40(29-79-15)86-49-28-65(14,77)59(39(10)84-49)88-48-27-46(81-17)53(70)37(8)83-48)26-45(80-16)43(68)20-19-41-32(3)24-42(51-50(41)60(74)67(61(51)75)64(11,12)13)56(33(4)22-30)89-63-55(72)54(71)57(82-18)38(9)85-63/h21-24,33,35-59,63,68-73,77-78H,19-20,25-29H2,1-18H3/b30-22-,31-21-,34-23-/t33-,35+,36-,37-,38+,39+,40-,41+,42-,43+,44-,45+,46-,47+,48+,49+,50+,51-,52+,53-,54+,55+,56+,57+,58-,59+,63+,65+,66-/m1/s1. The molecule has 29 atom stereocenters. The maximum absolute atomic E-state index is 15.1. The van der Waals surface area contributed by atoms with Crippen LogP contribution in [0.4, 0.5) is 0 Å². The lowest BCUT2D eigenvalue weighted by Crippen LogP contribution is -2.66. The lowest BCUT2D eigenvalue weighted by atomic mass is 9.64. The number of hydrogen-bond acceptors (Lipinski definition) is 23. The van der Waals surface area contributed by atoms with Gasteiger partial charge in [0, 0.05) is 88.9 Å². The monoisotopic (exact) mass is 1280 g/mol. The summed E-state index contributed by atoms with van der Waals surface area (Å²) in [5, 5.41) is 94.9. The molecule has 6 heterocycles. The molecule has 0 unspecified atom stereocenters. The maximum Gasteiger partial charge on any atom is 0.334 e. The third-order valence-corrected chi connectivity index (χ3v) is 20.0. The van der Waals surface area contributed by atoms with Gasteiger partial charge in [0.2, 0.25) is 17.6 Å². The van der Waals surface area contributed by atoms with Crippen molar-refractivity contribution >= 4 is 17.8 Å². The van der Waals surface area contributed by atoms with Crippen LogP contribution in [-0.2, 0) is 71.2 Å². The van der Waals surface area contributed by atoms with E-state index in [0.717, 1.165) is 5.57 Å². The van der Waals surface area contributed by atoms with E-state index in [1.54, 1.807) is 68.4 Å². The van der Waals surface area contributed by atoms with Gasteiger partial charge in [0.05, 0.1) is 85.1 Å². The first-order valence-corrected chi connectivity index (χ1v) is 32.1. The summed E-state index contributed by atoms with van der Waals surface area (Å²) in [5.41, 5.74) is -0.309.